The third-order valence-electron chi connectivity index (χ3n) is 4.61. The highest BCUT2D eigenvalue weighted by Crippen LogP contribution is 2.28. The van der Waals surface area contributed by atoms with Crippen LogP contribution in [-0.4, -0.2) is 41.8 Å². The SMILES string of the molecule is COc1ccc(NC(=O)CSc2cc(N3C[C@H](C)C[C@H](C)C3)ncn2)cc1Cl. The Morgan fingerprint density at radius 1 is 1.29 bits per heavy atom. The first-order valence-electron chi connectivity index (χ1n) is 9.27. The first-order valence-corrected chi connectivity index (χ1v) is 10.6. The Kier molecular flexibility index (Phi) is 7.02. The zero-order valence-electron chi connectivity index (χ0n) is 16.3. The molecule has 1 aromatic carbocycles. The van der Waals surface area contributed by atoms with Crippen LogP contribution in [0.15, 0.2) is 35.6 Å². The van der Waals surface area contributed by atoms with E-state index in [0.717, 1.165) is 23.9 Å². The Morgan fingerprint density at radius 3 is 2.71 bits per heavy atom. The van der Waals surface area contributed by atoms with Crippen molar-refractivity contribution in [1.82, 2.24) is 9.97 Å². The van der Waals surface area contributed by atoms with Crippen LogP contribution < -0.4 is 15.0 Å². The predicted octanol–water partition coefficient (Wildman–Crippen LogP) is 4.35. The third kappa shape index (κ3) is 5.52. The van der Waals surface area contributed by atoms with E-state index < -0.39 is 0 Å². The van der Waals surface area contributed by atoms with E-state index in [-0.39, 0.29) is 11.7 Å². The quantitative estimate of drug-likeness (QED) is 0.553. The monoisotopic (exact) mass is 420 g/mol. The van der Waals surface area contributed by atoms with E-state index in [4.69, 9.17) is 16.3 Å². The van der Waals surface area contributed by atoms with Crippen LogP contribution in [0.25, 0.3) is 0 Å². The van der Waals surface area contributed by atoms with E-state index in [1.165, 1.54) is 18.2 Å². The van der Waals surface area contributed by atoms with Crippen LogP contribution in [0.2, 0.25) is 5.02 Å². The highest BCUT2D eigenvalue weighted by molar-refractivity contribution is 7.99. The van der Waals surface area contributed by atoms with E-state index >= 15 is 0 Å². The van der Waals surface area contributed by atoms with Gasteiger partial charge in [-0.3, -0.25) is 4.79 Å². The minimum atomic E-state index is -0.119. The van der Waals surface area contributed by atoms with Crippen molar-refractivity contribution >= 4 is 40.8 Å². The molecule has 0 aliphatic carbocycles. The van der Waals surface area contributed by atoms with Gasteiger partial charge in [0.25, 0.3) is 0 Å². The molecule has 1 aliphatic heterocycles. The molecular formula is C20H25ClN4O2S. The standard InChI is InChI=1S/C20H25ClN4O2S/c1-13-6-14(2)10-25(9-13)18-8-20(23-12-22-18)28-11-19(26)24-15-4-5-17(27-3)16(21)7-15/h4-5,7-8,12-14H,6,9-11H2,1-3H3,(H,24,26)/t13-,14+. The van der Waals surface area contributed by atoms with Gasteiger partial charge in [-0.15, -0.1) is 0 Å². The Balaban J connectivity index is 1.57. The van der Waals surface area contributed by atoms with Gasteiger partial charge in [0, 0.05) is 24.8 Å². The summed E-state index contributed by atoms with van der Waals surface area (Å²) in [6.07, 6.45) is 2.82. The van der Waals surface area contributed by atoms with Crippen molar-refractivity contribution in [2.24, 2.45) is 11.8 Å². The average molecular weight is 421 g/mol. The summed E-state index contributed by atoms with van der Waals surface area (Å²) in [6, 6.07) is 7.12. The summed E-state index contributed by atoms with van der Waals surface area (Å²) in [5, 5.41) is 4.09. The zero-order chi connectivity index (χ0) is 20.1. The Morgan fingerprint density at radius 2 is 2.04 bits per heavy atom. The second-order valence-corrected chi connectivity index (χ2v) is 8.65. The Bertz CT molecular complexity index is 826. The lowest BCUT2D eigenvalue weighted by molar-refractivity contribution is -0.113. The van der Waals surface area contributed by atoms with Gasteiger partial charge in [-0.25, -0.2) is 9.97 Å². The van der Waals surface area contributed by atoms with Crippen molar-refractivity contribution in [3.8, 4) is 5.75 Å². The topological polar surface area (TPSA) is 67.3 Å². The molecule has 1 saturated heterocycles. The lowest BCUT2D eigenvalue weighted by atomic mass is 9.92. The highest BCUT2D eigenvalue weighted by Gasteiger charge is 2.23. The lowest BCUT2D eigenvalue weighted by Gasteiger charge is -2.35. The molecule has 1 fully saturated rings. The molecule has 0 bridgehead atoms. The number of rotatable bonds is 6. The minimum absolute atomic E-state index is 0.119. The predicted molar refractivity (Wildman–Crippen MR) is 115 cm³/mol. The first kappa shape index (κ1) is 20.7. The molecule has 1 aliphatic rings. The lowest BCUT2D eigenvalue weighted by Crippen LogP contribution is -2.39. The van der Waals surface area contributed by atoms with Crippen molar-refractivity contribution in [3.05, 3.63) is 35.6 Å². The number of carbonyl (C=O) groups excluding carboxylic acids is 1. The molecule has 150 valence electrons. The molecule has 0 spiro atoms. The number of anilines is 2. The third-order valence-corrected chi connectivity index (χ3v) is 5.83. The number of carbonyl (C=O) groups is 1. The number of ether oxygens (including phenoxy) is 1. The molecular weight excluding hydrogens is 396 g/mol. The summed E-state index contributed by atoms with van der Waals surface area (Å²) in [5.74, 6) is 2.94. The van der Waals surface area contributed by atoms with Gasteiger partial charge in [-0.05, 0) is 36.5 Å². The molecule has 2 atom stereocenters. The van der Waals surface area contributed by atoms with Gasteiger partial charge in [0.05, 0.1) is 17.9 Å². The van der Waals surface area contributed by atoms with Crippen molar-refractivity contribution in [2.75, 3.05) is 36.2 Å². The molecule has 3 rings (SSSR count). The number of amides is 1. The van der Waals surface area contributed by atoms with Crippen LogP contribution in [-0.2, 0) is 4.79 Å². The Labute approximate surface area is 175 Å². The minimum Gasteiger partial charge on any atom is -0.495 e. The van der Waals surface area contributed by atoms with Crippen LogP contribution in [0.4, 0.5) is 11.5 Å². The number of hydrogen-bond donors (Lipinski definition) is 1. The van der Waals surface area contributed by atoms with Crippen LogP contribution in [0.5, 0.6) is 5.75 Å². The van der Waals surface area contributed by atoms with E-state index in [1.54, 1.807) is 31.6 Å². The van der Waals surface area contributed by atoms with Crippen LogP contribution in [0.3, 0.4) is 0 Å². The van der Waals surface area contributed by atoms with Gasteiger partial charge in [0.15, 0.2) is 0 Å². The maximum atomic E-state index is 12.3. The van der Waals surface area contributed by atoms with Gasteiger partial charge in [-0.1, -0.05) is 37.2 Å². The van der Waals surface area contributed by atoms with Gasteiger partial charge >= 0.3 is 0 Å². The summed E-state index contributed by atoms with van der Waals surface area (Å²) in [6.45, 7) is 6.55. The fourth-order valence-electron chi connectivity index (χ4n) is 3.51. The highest BCUT2D eigenvalue weighted by atomic mass is 35.5. The second-order valence-electron chi connectivity index (χ2n) is 7.25. The number of benzene rings is 1. The largest absolute Gasteiger partial charge is 0.495 e. The number of aromatic nitrogens is 2. The summed E-state index contributed by atoms with van der Waals surface area (Å²) < 4.78 is 5.12. The number of nitrogens with one attached hydrogen (secondary N) is 1. The van der Waals surface area contributed by atoms with Crippen molar-refractivity contribution < 1.29 is 9.53 Å². The summed E-state index contributed by atoms with van der Waals surface area (Å²) in [4.78, 5) is 23.3. The molecule has 1 N–H and O–H groups in total. The molecule has 0 saturated carbocycles. The molecule has 28 heavy (non-hydrogen) atoms. The second kappa shape index (κ2) is 9.47. The molecule has 0 radical (unpaired) electrons. The number of nitrogens with zero attached hydrogens (tertiary/aromatic N) is 3. The molecule has 1 aromatic heterocycles. The fraction of sp³-hybridized carbons (Fsp3) is 0.450. The van der Waals surface area contributed by atoms with Crippen molar-refractivity contribution in [3.63, 3.8) is 0 Å². The Hall–Kier alpha value is -1.99. The summed E-state index contributed by atoms with van der Waals surface area (Å²) in [7, 11) is 1.55. The van der Waals surface area contributed by atoms with E-state index in [1.807, 2.05) is 6.07 Å². The maximum Gasteiger partial charge on any atom is 0.234 e. The fourth-order valence-corrected chi connectivity index (χ4v) is 4.43. The number of hydrogen-bond acceptors (Lipinski definition) is 6. The molecule has 6 nitrogen and oxygen atoms in total. The molecule has 2 aromatic rings. The van der Waals surface area contributed by atoms with Crippen molar-refractivity contribution in [1.29, 1.82) is 0 Å². The molecule has 8 heteroatoms. The summed E-state index contributed by atoms with van der Waals surface area (Å²) >= 11 is 7.49. The maximum absolute atomic E-state index is 12.3. The number of methoxy groups -OCH3 is 1. The van der Waals surface area contributed by atoms with Gasteiger partial charge < -0.3 is 15.0 Å². The van der Waals surface area contributed by atoms with E-state index in [0.29, 0.717) is 28.3 Å². The summed E-state index contributed by atoms with van der Waals surface area (Å²) in [5.41, 5.74) is 0.635. The number of piperidine rings is 1. The van der Waals surface area contributed by atoms with Gasteiger partial charge in [0.2, 0.25) is 5.91 Å². The molecule has 0 unspecified atom stereocenters. The number of halogens is 1. The van der Waals surface area contributed by atoms with E-state index in [9.17, 15) is 4.79 Å². The van der Waals surface area contributed by atoms with Crippen LogP contribution >= 0.6 is 23.4 Å². The normalized spacial score (nSPS) is 19.4. The van der Waals surface area contributed by atoms with Crippen molar-refractivity contribution in [2.45, 2.75) is 25.3 Å². The first-order chi connectivity index (χ1) is 13.4. The molecule has 1 amide bonds. The number of thioether (sulfide) groups is 1. The van der Waals surface area contributed by atoms with Crippen LogP contribution in [0.1, 0.15) is 20.3 Å². The average Bonchev–Trinajstić information content (AvgIpc) is 2.66. The van der Waals surface area contributed by atoms with Gasteiger partial charge in [0.1, 0.15) is 22.9 Å². The smallest absolute Gasteiger partial charge is 0.234 e. The molecule has 2 heterocycles. The zero-order valence-corrected chi connectivity index (χ0v) is 17.9. The van der Waals surface area contributed by atoms with E-state index in [2.05, 4.69) is 34.0 Å². The van der Waals surface area contributed by atoms with Gasteiger partial charge in [-0.2, -0.15) is 0 Å². The van der Waals surface area contributed by atoms with Crippen LogP contribution in [0, 0.1) is 11.8 Å².